The highest BCUT2D eigenvalue weighted by molar-refractivity contribution is 8.00. The Bertz CT molecular complexity index is 541. The number of hydrogen-bond donors (Lipinski definition) is 1. The van der Waals surface area contributed by atoms with Crippen LogP contribution in [-0.4, -0.2) is 28.3 Å². The Hall–Kier alpha value is -1.14. The molecule has 0 saturated heterocycles. The second-order valence-corrected chi connectivity index (χ2v) is 5.01. The molecule has 4 nitrogen and oxygen atoms in total. The van der Waals surface area contributed by atoms with Gasteiger partial charge in [0.1, 0.15) is 0 Å². The van der Waals surface area contributed by atoms with E-state index in [4.69, 9.17) is 5.41 Å². The molecule has 2 aromatic rings. The van der Waals surface area contributed by atoms with Gasteiger partial charge in [-0.05, 0) is 6.26 Å². The van der Waals surface area contributed by atoms with Crippen LogP contribution in [0.5, 0.6) is 0 Å². The lowest BCUT2D eigenvalue weighted by Gasteiger charge is -1.95. The molecule has 0 unspecified atom stereocenters. The second-order valence-electron chi connectivity index (χ2n) is 2.96. The predicted octanol–water partition coefficient (Wildman–Crippen LogP) is 2.17. The van der Waals surface area contributed by atoms with Gasteiger partial charge in [-0.2, -0.15) is 0 Å². The minimum atomic E-state index is 0.520. The van der Waals surface area contributed by atoms with Crippen molar-refractivity contribution in [1.29, 1.82) is 5.41 Å². The summed E-state index contributed by atoms with van der Waals surface area (Å²) in [7, 11) is 1.79. The van der Waals surface area contributed by atoms with Crippen LogP contribution < -0.4 is 0 Å². The summed E-state index contributed by atoms with van der Waals surface area (Å²) in [4.78, 5) is 15.3. The minimum Gasteiger partial charge on any atom is -0.325 e. The zero-order valence-corrected chi connectivity index (χ0v) is 9.91. The van der Waals surface area contributed by atoms with Crippen molar-refractivity contribution in [2.75, 3.05) is 6.26 Å². The fourth-order valence-corrected chi connectivity index (χ4v) is 3.09. The van der Waals surface area contributed by atoms with Crippen molar-refractivity contribution in [2.45, 2.75) is 4.34 Å². The molecule has 0 amide bonds. The van der Waals surface area contributed by atoms with Crippen molar-refractivity contribution >= 4 is 45.9 Å². The molecule has 6 heteroatoms. The molecule has 0 spiro atoms. The average Bonchev–Trinajstić information content (AvgIpc) is 2.76. The summed E-state index contributed by atoms with van der Waals surface area (Å²) in [5.74, 6) is 0. The van der Waals surface area contributed by atoms with Gasteiger partial charge in [-0.25, -0.2) is 4.98 Å². The molecule has 1 N–H and O–H groups in total. The molecule has 0 bridgehead atoms. The summed E-state index contributed by atoms with van der Waals surface area (Å²) in [6, 6.07) is 0. The van der Waals surface area contributed by atoms with E-state index >= 15 is 0 Å². The van der Waals surface area contributed by atoms with Crippen molar-refractivity contribution in [2.24, 2.45) is 7.05 Å². The third-order valence-corrected chi connectivity index (χ3v) is 4.28. The summed E-state index contributed by atoms with van der Waals surface area (Å²) in [6.45, 7) is 0. The summed E-state index contributed by atoms with van der Waals surface area (Å²) < 4.78 is 3.61. The van der Waals surface area contributed by atoms with E-state index in [1.807, 2.05) is 6.26 Å². The highest BCUT2D eigenvalue weighted by atomic mass is 32.2. The summed E-state index contributed by atoms with van der Waals surface area (Å²) in [5.41, 5.74) is 1.97. The van der Waals surface area contributed by atoms with Gasteiger partial charge < -0.3 is 9.98 Å². The van der Waals surface area contributed by atoms with E-state index in [1.54, 1.807) is 23.4 Å². The van der Waals surface area contributed by atoms with Crippen molar-refractivity contribution in [3.63, 3.8) is 0 Å². The van der Waals surface area contributed by atoms with Crippen molar-refractivity contribution in [1.82, 2.24) is 9.55 Å². The maximum atomic E-state index is 10.9. The van der Waals surface area contributed by atoms with Gasteiger partial charge in [0.15, 0.2) is 16.3 Å². The largest absolute Gasteiger partial charge is 0.325 e. The first-order valence-electron chi connectivity index (χ1n) is 4.21. The average molecular weight is 239 g/mol. The zero-order chi connectivity index (χ0) is 11.0. The van der Waals surface area contributed by atoms with Crippen LogP contribution in [0.3, 0.4) is 0 Å². The molecule has 78 valence electrons. The van der Waals surface area contributed by atoms with E-state index in [2.05, 4.69) is 4.98 Å². The molecule has 0 radical (unpaired) electrons. The first-order chi connectivity index (χ1) is 7.22. The second kappa shape index (κ2) is 3.79. The highest BCUT2D eigenvalue weighted by Crippen LogP contribution is 2.32. The van der Waals surface area contributed by atoms with Crippen molar-refractivity contribution < 1.29 is 4.79 Å². The van der Waals surface area contributed by atoms with Crippen molar-refractivity contribution in [3.05, 3.63) is 11.3 Å². The third kappa shape index (κ3) is 1.40. The van der Waals surface area contributed by atoms with E-state index in [0.29, 0.717) is 11.3 Å². The lowest BCUT2D eigenvalue weighted by atomic mass is 10.3. The molecule has 0 aliphatic rings. The number of aldehydes is 1. The Balaban J connectivity index is 2.84. The normalized spacial score (nSPS) is 10.8. The number of thiazole rings is 1. The minimum absolute atomic E-state index is 0.520. The van der Waals surface area contributed by atoms with E-state index < -0.39 is 0 Å². The smallest absolute Gasteiger partial charge is 0.167 e. The first-order valence-corrected chi connectivity index (χ1v) is 6.26. The van der Waals surface area contributed by atoms with E-state index in [-0.39, 0.29) is 0 Å². The van der Waals surface area contributed by atoms with E-state index in [0.717, 1.165) is 21.0 Å². The number of carbonyl (C=O) groups is 1. The van der Waals surface area contributed by atoms with Gasteiger partial charge in [0.05, 0.1) is 10.4 Å². The topological polar surface area (TPSA) is 58.7 Å². The molecule has 2 heterocycles. The summed E-state index contributed by atoms with van der Waals surface area (Å²) in [6.07, 6.45) is 3.95. The fraction of sp³-hybridized carbons (Fsp3) is 0.222. The van der Waals surface area contributed by atoms with Crippen LogP contribution in [-0.2, 0) is 7.05 Å². The number of rotatable bonds is 3. The van der Waals surface area contributed by atoms with Gasteiger partial charge in [-0.3, -0.25) is 4.79 Å². The Kier molecular flexibility index (Phi) is 2.62. The SMILES string of the molecule is CSc1nc2c(s1)c(C=N)c(C=O)n2C. The molecule has 0 aromatic carbocycles. The van der Waals surface area contributed by atoms with Crippen LogP contribution in [0.25, 0.3) is 10.3 Å². The molecular formula is C9H9N3OS2. The fourth-order valence-electron chi connectivity index (χ4n) is 1.48. The highest BCUT2D eigenvalue weighted by Gasteiger charge is 2.17. The van der Waals surface area contributed by atoms with Crippen LogP contribution in [0.15, 0.2) is 4.34 Å². The Morgan fingerprint density at radius 3 is 2.87 bits per heavy atom. The van der Waals surface area contributed by atoms with Crippen LogP contribution in [0.1, 0.15) is 16.1 Å². The molecule has 0 aliphatic heterocycles. The maximum Gasteiger partial charge on any atom is 0.167 e. The van der Waals surface area contributed by atoms with Crippen LogP contribution >= 0.6 is 23.1 Å². The van der Waals surface area contributed by atoms with Crippen molar-refractivity contribution in [3.8, 4) is 0 Å². The van der Waals surface area contributed by atoms with Gasteiger partial charge in [0.2, 0.25) is 0 Å². The van der Waals surface area contributed by atoms with Crippen LogP contribution in [0, 0.1) is 5.41 Å². The number of thioether (sulfide) groups is 1. The third-order valence-electron chi connectivity index (χ3n) is 2.22. The van der Waals surface area contributed by atoms with Gasteiger partial charge in [0.25, 0.3) is 0 Å². The standard InChI is InChI=1S/C9H9N3OS2/c1-12-6(4-13)5(3-10)7-8(12)11-9(14-2)15-7/h3-4,10H,1-2H3. The quantitative estimate of drug-likeness (QED) is 0.507. The Morgan fingerprint density at radius 2 is 2.33 bits per heavy atom. The maximum absolute atomic E-state index is 10.9. The number of aryl methyl sites for hydroxylation is 1. The summed E-state index contributed by atoms with van der Waals surface area (Å²) >= 11 is 3.09. The summed E-state index contributed by atoms with van der Waals surface area (Å²) in [5, 5.41) is 7.32. The number of nitrogens with zero attached hydrogens (tertiary/aromatic N) is 2. The molecule has 2 aromatic heterocycles. The van der Waals surface area contributed by atoms with Gasteiger partial charge in [-0.15, -0.1) is 11.3 Å². The van der Waals surface area contributed by atoms with E-state index in [1.165, 1.54) is 17.6 Å². The predicted molar refractivity (Wildman–Crippen MR) is 63.6 cm³/mol. The molecular weight excluding hydrogens is 230 g/mol. The van der Waals surface area contributed by atoms with Crippen LogP contribution in [0.2, 0.25) is 0 Å². The number of aromatic nitrogens is 2. The molecule has 0 fully saturated rings. The number of hydrogen-bond acceptors (Lipinski definition) is 5. The molecule has 15 heavy (non-hydrogen) atoms. The van der Waals surface area contributed by atoms with Gasteiger partial charge in [-0.1, -0.05) is 11.8 Å². The lowest BCUT2D eigenvalue weighted by molar-refractivity contribution is 0.111. The molecule has 0 saturated carbocycles. The van der Waals surface area contributed by atoms with E-state index in [9.17, 15) is 4.79 Å². The number of fused-ring (bicyclic) bond motifs is 1. The lowest BCUT2D eigenvalue weighted by Crippen LogP contribution is -1.97. The molecule has 0 atom stereocenters. The first kappa shape index (κ1) is 10.4. The Morgan fingerprint density at radius 1 is 1.60 bits per heavy atom. The molecule has 0 aliphatic carbocycles. The molecule has 2 rings (SSSR count). The number of nitrogens with one attached hydrogen (secondary N) is 1. The van der Waals surface area contributed by atoms with Gasteiger partial charge >= 0.3 is 0 Å². The number of carbonyl (C=O) groups excluding carboxylic acids is 1. The van der Waals surface area contributed by atoms with Gasteiger partial charge in [0, 0.05) is 18.8 Å². The monoisotopic (exact) mass is 239 g/mol. The van der Waals surface area contributed by atoms with Crippen LogP contribution in [0.4, 0.5) is 0 Å². The zero-order valence-electron chi connectivity index (χ0n) is 8.27. The Labute approximate surface area is 94.8 Å².